The van der Waals surface area contributed by atoms with Crippen LogP contribution in [0.1, 0.15) is 20.7 Å². The molecule has 0 aliphatic heterocycles. The first-order chi connectivity index (χ1) is 11.1. The van der Waals surface area contributed by atoms with E-state index in [2.05, 4.69) is 0 Å². The molecule has 0 spiro atoms. The summed E-state index contributed by atoms with van der Waals surface area (Å²) >= 11 is 7.40. The fraction of sp³-hybridized carbons (Fsp3) is 0.118. The second-order valence-electron chi connectivity index (χ2n) is 4.53. The molecular weight excluding hydrogens is 352 g/mol. The van der Waals surface area contributed by atoms with Gasteiger partial charge in [0.05, 0.1) is 5.25 Å². The standard InChI is InChI=1S/C17H13ClO3S2/c18-15(19)14(23-17(21)13-9-5-2-6-10-13)11-22-16(20)12-7-3-1-4-8-12/h1-10,14H,11H2. The zero-order valence-electron chi connectivity index (χ0n) is 12.0. The van der Waals surface area contributed by atoms with Crippen LogP contribution in [0.25, 0.3) is 0 Å². The maximum Gasteiger partial charge on any atom is 0.235 e. The van der Waals surface area contributed by atoms with Crippen molar-refractivity contribution in [3.05, 3.63) is 71.8 Å². The van der Waals surface area contributed by atoms with Crippen molar-refractivity contribution in [2.24, 2.45) is 0 Å². The number of rotatable bonds is 6. The molecule has 0 bridgehead atoms. The number of hydrogen-bond donors (Lipinski definition) is 0. The van der Waals surface area contributed by atoms with Crippen molar-refractivity contribution >= 4 is 50.6 Å². The molecule has 1 unspecified atom stereocenters. The number of hydrogen-bond acceptors (Lipinski definition) is 5. The Morgan fingerprint density at radius 2 is 1.30 bits per heavy atom. The zero-order valence-corrected chi connectivity index (χ0v) is 14.4. The lowest BCUT2D eigenvalue weighted by Gasteiger charge is -2.10. The third-order valence-corrected chi connectivity index (χ3v) is 5.60. The average molecular weight is 365 g/mol. The fourth-order valence-corrected chi connectivity index (χ4v) is 3.88. The normalized spacial score (nSPS) is 11.7. The lowest BCUT2D eigenvalue weighted by molar-refractivity contribution is -0.110. The molecule has 6 heteroatoms. The number of carbonyl (C=O) groups excluding carboxylic acids is 3. The van der Waals surface area contributed by atoms with Crippen LogP contribution in [0.15, 0.2) is 60.7 Å². The van der Waals surface area contributed by atoms with E-state index < -0.39 is 10.5 Å². The second kappa shape index (κ2) is 8.91. The smallest absolute Gasteiger partial charge is 0.235 e. The van der Waals surface area contributed by atoms with Crippen molar-refractivity contribution in [3.63, 3.8) is 0 Å². The first-order valence-corrected chi connectivity index (χ1v) is 9.00. The average Bonchev–Trinajstić information content (AvgIpc) is 2.59. The van der Waals surface area contributed by atoms with Crippen molar-refractivity contribution in [2.75, 3.05) is 5.75 Å². The van der Waals surface area contributed by atoms with E-state index in [4.69, 9.17) is 11.6 Å². The van der Waals surface area contributed by atoms with E-state index in [1.807, 2.05) is 6.07 Å². The summed E-state index contributed by atoms with van der Waals surface area (Å²) in [5.74, 6) is 0.152. The molecule has 0 radical (unpaired) electrons. The van der Waals surface area contributed by atoms with E-state index >= 15 is 0 Å². The molecule has 118 valence electrons. The summed E-state index contributed by atoms with van der Waals surface area (Å²) in [5, 5.41) is -1.78. The molecule has 0 saturated carbocycles. The Balaban J connectivity index is 1.96. The quantitative estimate of drug-likeness (QED) is 0.716. The number of thioether (sulfide) groups is 2. The van der Waals surface area contributed by atoms with Gasteiger partial charge in [-0.25, -0.2) is 0 Å². The van der Waals surface area contributed by atoms with Gasteiger partial charge in [0.1, 0.15) is 0 Å². The Morgan fingerprint density at radius 1 is 0.826 bits per heavy atom. The predicted octanol–water partition coefficient (Wildman–Crippen LogP) is 4.27. The lowest BCUT2D eigenvalue weighted by Crippen LogP contribution is -2.18. The van der Waals surface area contributed by atoms with Gasteiger partial charge in [-0.15, -0.1) is 0 Å². The molecule has 0 amide bonds. The SMILES string of the molecule is O=C(SCC(SC(=O)c1ccccc1)C(=O)Cl)c1ccccc1. The monoisotopic (exact) mass is 364 g/mol. The van der Waals surface area contributed by atoms with E-state index in [0.717, 1.165) is 23.5 Å². The van der Waals surface area contributed by atoms with Gasteiger partial charge in [0, 0.05) is 16.9 Å². The van der Waals surface area contributed by atoms with E-state index in [1.165, 1.54) is 0 Å². The Bertz CT molecular complexity index is 689. The Morgan fingerprint density at radius 3 is 1.78 bits per heavy atom. The van der Waals surface area contributed by atoms with Gasteiger partial charge in [0.15, 0.2) is 0 Å². The molecule has 0 saturated heterocycles. The second-order valence-corrected chi connectivity index (χ2v) is 7.07. The lowest BCUT2D eigenvalue weighted by atomic mass is 10.2. The summed E-state index contributed by atoms with van der Waals surface area (Å²) < 4.78 is 0. The van der Waals surface area contributed by atoms with Crippen LogP contribution >= 0.6 is 35.1 Å². The molecule has 0 aliphatic carbocycles. The largest absolute Gasteiger partial charge is 0.282 e. The van der Waals surface area contributed by atoms with Crippen LogP contribution in [0.4, 0.5) is 0 Å². The summed E-state index contributed by atoms with van der Waals surface area (Å²) in [6, 6.07) is 17.4. The van der Waals surface area contributed by atoms with Gasteiger partial charge in [-0.3, -0.25) is 14.4 Å². The van der Waals surface area contributed by atoms with Crippen LogP contribution in [-0.2, 0) is 4.79 Å². The Kier molecular flexibility index (Phi) is 6.89. The van der Waals surface area contributed by atoms with Crippen molar-refractivity contribution in [3.8, 4) is 0 Å². The van der Waals surface area contributed by atoms with E-state index in [0.29, 0.717) is 11.1 Å². The molecule has 0 fully saturated rings. The van der Waals surface area contributed by atoms with Crippen molar-refractivity contribution in [1.29, 1.82) is 0 Å². The molecule has 0 aromatic heterocycles. The van der Waals surface area contributed by atoms with E-state index in [-0.39, 0.29) is 16.0 Å². The number of benzene rings is 2. The van der Waals surface area contributed by atoms with Crippen LogP contribution in [0.3, 0.4) is 0 Å². The molecule has 0 aliphatic rings. The van der Waals surface area contributed by atoms with Crippen molar-refractivity contribution in [1.82, 2.24) is 0 Å². The van der Waals surface area contributed by atoms with Crippen LogP contribution in [0, 0.1) is 0 Å². The molecular formula is C17H13ClO3S2. The summed E-state index contributed by atoms with van der Waals surface area (Å²) in [6.07, 6.45) is 0. The van der Waals surface area contributed by atoms with Gasteiger partial charge >= 0.3 is 0 Å². The van der Waals surface area contributed by atoms with Crippen LogP contribution in [-0.4, -0.2) is 26.5 Å². The minimum absolute atomic E-state index is 0.152. The van der Waals surface area contributed by atoms with Gasteiger partial charge in [-0.05, 0) is 11.6 Å². The molecule has 1 atom stereocenters. The van der Waals surface area contributed by atoms with Gasteiger partial charge < -0.3 is 0 Å². The number of carbonyl (C=O) groups is 3. The molecule has 2 aromatic carbocycles. The predicted molar refractivity (Wildman–Crippen MR) is 96.2 cm³/mol. The first kappa shape index (κ1) is 17.8. The summed E-state index contributed by atoms with van der Waals surface area (Å²) in [5.41, 5.74) is 1.05. The van der Waals surface area contributed by atoms with Gasteiger partial charge in [0.25, 0.3) is 0 Å². The number of halogens is 1. The highest BCUT2D eigenvalue weighted by Gasteiger charge is 2.23. The Hall–Kier alpha value is -1.56. The third kappa shape index (κ3) is 5.53. The molecule has 2 aromatic rings. The fourth-order valence-electron chi connectivity index (χ4n) is 1.73. The van der Waals surface area contributed by atoms with Crippen molar-refractivity contribution in [2.45, 2.75) is 5.25 Å². The topological polar surface area (TPSA) is 51.2 Å². The highest BCUT2D eigenvalue weighted by atomic mass is 35.5. The highest BCUT2D eigenvalue weighted by molar-refractivity contribution is 8.18. The van der Waals surface area contributed by atoms with Crippen LogP contribution in [0.5, 0.6) is 0 Å². The summed E-state index contributed by atoms with van der Waals surface area (Å²) in [7, 11) is 0. The third-order valence-electron chi connectivity index (χ3n) is 2.89. The molecule has 2 rings (SSSR count). The van der Waals surface area contributed by atoms with E-state index in [9.17, 15) is 14.4 Å². The minimum atomic E-state index is -0.762. The van der Waals surface area contributed by atoms with Crippen molar-refractivity contribution < 1.29 is 14.4 Å². The molecule has 23 heavy (non-hydrogen) atoms. The molecule has 3 nitrogen and oxygen atoms in total. The van der Waals surface area contributed by atoms with Crippen LogP contribution < -0.4 is 0 Å². The first-order valence-electron chi connectivity index (χ1n) is 6.75. The molecule has 0 heterocycles. The molecule has 0 N–H and O–H groups in total. The maximum atomic E-state index is 12.1. The Labute approximate surface area is 147 Å². The minimum Gasteiger partial charge on any atom is -0.282 e. The summed E-state index contributed by atoms with van der Waals surface area (Å²) in [4.78, 5) is 35.7. The zero-order chi connectivity index (χ0) is 16.7. The van der Waals surface area contributed by atoms with Gasteiger partial charge in [-0.2, -0.15) is 0 Å². The summed E-state index contributed by atoms with van der Waals surface area (Å²) in [6.45, 7) is 0. The van der Waals surface area contributed by atoms with E-state index in [1.54, 1.807) is 54.6 Å². The highest BCUT2D eigenvalue weighted by Crippen LogP contribution is 2.25. The van der Waals surface area contributed by atoms with Gasteiger partial charge in [0.2, 0.25) is 15.5 Å². The van der Waals surface area contributed by atoms with Crippen LogP contribution in [0.2, 0.25) is 0 Å². The maximum absolute atomic E-state index is 12.1. The van der Waals surface area contributed by atoms with Gasteiger partial charge in [-0.1, -0.05) is 84.2 Å².